The Balaban J connectivity index is 2.93. The van der Waals surface area contributed by atoms with E-state index >= 15 is 0 Å². The van der Waals surface area contributed by atoms with Gasteiger partial charge in [-0.3, -0.25) is 0 Å². The van der Waals surface area contributed by atoms with E-state index in [0.717, 1.165) is 17.8 Å². The fourth-order valence-electron chi connectivity index (χ4n) is 1.49. The number of aromatic nitrogens is 1. The van der Waals surface area contributed by atoms with Gasteiger partial charge in [0.15, 0.2) is 0 Å². The molecule has 0 bridgehead atoms. The van der Waals surface area contributed by atoms with Crippen molar-refractivity contribution in [1.82, 2.24) is 4.98 Å². The summed E-state index contributed by atoms with van der Waals surface area (Å²) >= 11 is 1.28. The zero-order chi connectivity index (χ0) is 13.1. The summed E-state index contributed by atoms with van der Waals surface area (Å²) in [6.45, 7) is 6.61. The van der Waals surface area contributed by atoms with E-state index in [1.165, 1.54) is 11.3 Å². The number of ether oxygens (including phenoxy) is 1. The molecule has 96 valence electrons. The van der Waals surface area contributed by atoms with Crippen LogP contribution in [0.25, 0.3) is 0 Å². The molecule has 0 fully saturated rings. The molecule has 0 aliphatic rings. The van der Waals surface area contributed by atoms with Crippen LogP contribution in [0, 0.1) is 0 Å². The molecule has 0 amide bonds. The van der Waals surface area contributed by atoms with Gasteiger partial charge >= 0.3 is 5.97 Å². The number of hydrogen-bond acceptors (Lipinski definition) is 4. The van der Waals surface area contributed by atoms with Gasteiger partial charge in [-0.1, -0.05) is 20.8 Å². The summed E-state index contributed by atoms with van der Waals surface area (Å²) in [6, 6.07) is 0. The number of carboxylic acid groups (broad SMARTS) is 1. The van der Waals surface area contributed by atoms with E-state index < -0.39 is 5.97 Å². The Labute approximate surface area is 106 Å². The number of methoxy groups -OCH3 is 1. The Hall–Kier alpha value is -0.940. The summed E-state index contributed by atoms with van der Waals surface area (Å²) in [7, 11) is 1.66. The molecule has 1 aromatic rings. The summed E-state index contributed by atoms with van der Waals surface area (Å²) in [5.41, 5.74) is 0.450. The highest BCUT2D eigenvalue weighted by Crippen LogP contribution is 2.30. The summed E-state index contributed by atoms with van der Waals surface area (Å²) in [5, 5.41) is 10.0. The largest absolute Gasteiger partial charge is 0.477 e. The zero-order valence-electron chi connectivity index (χ0n) is 10.7. The van der Waals surface area contributed by atoms with Crippen LogP contribution in [0.15, 0.2) is 0 Å². The van der Waals surface area contributed by atoms with Crippen molar-refractivity contribution < 1.29 is 14.6 Å². The van der Waals surface area contributed by atoms with Gasteiger partial charge in [0, 0.05) is 25.6 Å². The van der Waals surface area contributed by atoms with Crippen LogP contribution in [-0.4, -0.2) is 29.8 Å². The van der Waals surface area contributed by atoms with E-state index in [1.807, 2.05) is 20.8 Å². The normalized spacial score (nSPS) is 11.8. The fourth-order valence-corrected chi connectivity index (χ4v) is 2.65. The van der Waals surface area contributed by atoms with Gasteiger partial charge in [-0.15, -0.1) is 11.3 Å². The molecule has 1 rings (SSSR count). The molecular formula is C12H19NO3S. The van der Waals surface area contributed by atoms with Gasteiger partial charge in [0.25, 0.3) is 0 Å². The molecule has 0 atom stereocenters. The van der Waals surface area contributed by atoms with Crippen LogP contribution in [-0.2, 0) is 16.6 Å². The lowest BCUT2D eigenvalue weighted by molar-refractivity contribution is 0.0699. The standard InChI is InChI=1S/C12H19NO3S/c1-12(2,3)10-9(11(14)15)17-8(13-10)6-5-7-16-4/h5-7H2,1-4H3,(H,14,15). The molecule has 1 heterocycles. The van der Waals surface area contributed by atoms with Crippen LogP contribution in [0.2, 0.25) is 0 Å². The van der Waals surface area contributed by atoms with E-state index in [2.05, 4.69) is 4.98 Å². The van der Waals surface area contributed by atoms with Crippen molar-refractivity contribution in [3.05, 3.63) is 15.6 Å². The van der Waals surface area contributed by atoms with Gasteiger partial charge < -0.3 is 9.84 Å². The van der Waals surface area contributed by atoms with Gasteiger partial charge in [0.2, 0.25) is 0 Å². The van der Waals surface area contributed by atoms with Crippen LogP contribution < -0.4 is 0 Å². The van der Waals surface area contributed by atoms with Crippen molar-refractivity contribution in [2.24, 2.45) is 0 Å². The van der Waals surface area contributed by atoms with E-state index in [9.17, 15) is 4.79 Å². The van der Waals surface area contributed by atoms with Crippen LogP contribution in [0.4, 0.5) is 0 Å². The highest BCUT2D eigenvalue weighted by atomic mass is 32.1. The third-order valence-electron chi connectivity index (χ3n) is 2.32. The maximum absolute atomic E-state index is 11.2. The number of nitrogens with zero attached hydrogens (tertiary/aromatic N) is 1. The average molecular weight is 257 g/mol. The number of thiazole rings is 1. The minimum Gasteiger partial charge on any atom is -0.477 e. The molecule has 5 heteroatoms. The molecule has 0 spiro atoms. The Morgan fingerprint density at radius 1 is 1.47 bits per heavy atom. The van der Waals surface area contributed by atoms with Crippen molar-refractivity contribution in [1.29, 1.82) is 0 Å². The van der Waals surface area contributed by atoms with Gasteiger partial charge in [0.05, 0.1) is 10.7 Å². The number of hydrogen-bond donors (Lipinski definition) is 1. The lowest BCUT2D eigenvalue weighted by Gasteiger charge is -2.16. The minimum absolute atomic E-state index is 0.232. The lowest BCUT2D eigenvalue weighted by atomic mass is 9.91. The van der Waals surface area contributed by atoms with Crippen LogP contribution >= 0.6 is 11.3 Å². The lowest BCUT2D eigenvalue weighted by Crippen LogP contribution is -2.16. The van der Waals surface area contributed by atoms with E-state index in [0.29, 0.717) is 17.2 Å². The number of carboxylic acids is 1. The smallest absolute Gasteiger partial charge is 0.347 e. The Morgan fingerprint density at radius 3 is 2.53 bits per heavy atom. The molecule has 4 nitrogen and oxygen atoms in total. The Bertz CT molecular complexity index is 393. The SMILES string of the molecule is COCCCc1nc(C(C)(C)C)c(C(=O)O)s1. The van der Waals surface area contributed by atoms with Gasteiger partial charge in [-0.2, -0.15) is 0 Å². The van der Waals surface area contributed by atoms with E-state index in [4.69, 9.17) is 9.84 Å². The van der Waals surface area contributed by atoms with Crippen molar-refractivity contribution in [2.45, 2.75) is 39.0 Å². The summed E-state index contributed by atoms with van der Waals surface area (Å²) in [4.78, 5) is 16.0. The monoisotopic (exact) mass is 257 g/mol. The van der Waals surface area contributed by atoms with Gasteiger partial charge in [0.1, 0.15) is 4.88 Å². The van der Waals surface area contributed by atoms with Gasteiger partial charge in [-0.25, -0.2) is 9.78 Å². The number of carbonyl (C=O) groups is 1. The third-order valence-corrected chi connectivity index (χ3v) is 3.42. The predicted octanol–water partition coefficient (Wildman–Crippen LogP) is 2.72. The first-order valence-corrected chi connectivity index (χ1v) is 6.40. The summed E-state index contributed by atoms with van der Waals surface area (Å²) in [5.74, 6) is -0.884. The second kappa shape index (κ2) is 5.60. The molecule has 0 aromatic carbocycles. The predicted molar refractivity (Wildman–Crippen MR) is 68.0 cm³/mol. The highest BCUT2D eigenvalue weighted by Gasteiger charge is 2.26. The maximum atomic E-state index is 11.2. The molecule has 0 saturated heterocycles. The van der Waals surface area contributed by atoms with E-state index in [1.54, 1.807) is 7.11 Å². The summed E-state index contributed by atoms with van der Waals surface area (Å²) < 4.78 is 4.98. The first-order chi connectivity index (χ1) is 7.86. The molecule has 0 saturated carbocycles. The number of rotatable bonds is 5. The molecule has 1 N–H and O–H groups in total. The minimum atomic E-state index is -0.884. The highest BCUT2D eigenvalue weighted by molar-refractivity contribution is 7.13. The molecular weight excluding hydrogens is 238 g/mol. The summed E-state index contributed by atoms with van der Waals surface area (Å²) in [6.07, 6.45) is 1.64. The van der Waals surface area contributed by atoms with Crippen LogP contribution in [0.3, 0.4) is 0 Å². The van der Waals surface area contributed by atoms with E-state index in [-0.39, 0.29) is 5.41 Å². The Morgan fingerprint density at radius 2 is 2.12 bits per heavy atom. The topological polar surface area (TPSA) is 59.4 Å². The average Bonchev–Trinajstić information content (AvgIpc) is 2.62. The molecule has 17 heavy (non-hydrogen) atoms. The van der Waals surface area contributed by atoms with Crippen molar-refractivity contribution >= 4 is 17.3 Å². The fraction of sp³-hybridized carbons (Fsp3) is 0.667. The first kappa shape index (κ1) is 14.1. The quantitative estimate of drug-likeness (QED) is 0.824. The second-order valence-electron chi connectivity index (χ2n) is 4.94. The molecule has 0 unspecified atom stereocenters. The third kappa shape index (κ3) is 3.78. The first-order valence-electron chi connectivity index (χ1n) is 5.58. The van der Waals surface area contributed by atoms with Crippen molar-refractivity contribution in [3.63, 3.8) is 0 Å². The number of aryl methyl sites for hydroxylation is 1. The van der Waals surface area contributed by atoms with Crippen LogP contribution in [0.5, 0.6) is 0 Å². The zero-order valence-corrected chi connectivity index (χ0v) is 11.6. The number of aromatic carboxylic acids is 1. The maximum Gasteiger partial charge on any atom is 0.347 e. The van der Waals surface area contributed by atoms with Crippen LogP contribution in [0.1, 0.15) is 47.6 Å². The molecule has 0 aliphatic heterocycles. The molecule has 0 radical (unpaired) electrons. The van der Waals surface area contributed by atoms with Gasteiger partial charge in [-0.05, 0) is 6.42 Å². The Kier molecular flexibility index (Phi) is 4.65. The molecule has 1 aromatic heterocycles. The second-order valence-corrected chi connectivity index (χ2v) is 6.02. The van der Waals surface area contributed by atoms with Crippen molar-refractivity contribution in [2.75, 3.05) is 13.7 Å². The van der Waals surface area contributed by atoms with Crippen molar-refractivity contribution in [3.8, 4) is 0 Å². The molecule has 0 aliphatic carbocycles.